The quantitative estimate of drug-likeness (QED) is 0.203. The minimum Gasteiger partial charge on any atom is -0.368 e. The SMILES string of the molecule is C.CCN(CC)CCC(=O)N1CCN(c2ccc(/C=C3\C(=O)Nc4ccc(-c5csc(-c6ccccc6)n5)cc43)cc2)CC1.[HH]. The number of carbonyl (C=O) groups excluding carboxylic acids is 2. The Kier molecular flexibility index (Phi) is 9.92. The lowest BCUT2D eigenvalue weighted by atomic mass is 10.0. The minimum absolute atomic E-state index is 0. The van der Waals surface area contributed by atoms with Crippen molar-refractivity contribution in [3.05, 3.63) is 89.3 Å². The summed E-state index contributed by atoms with van der Waals surface area (Å²) in [6, 6.07) is 24.5. The van der Waals surface area contributed by atoms with Crippen molar-refractivity contribution in [2.75, 3.05) is 56.0 Å². The highest BCUT2D eigenvalue weighted by molar-refractivity contribution is 7.13. The van der Waals surface area contributed by atoms with Crippen LogP contribution in [0, 0.1) is 0 Å². The van der Waals surface area contributed by atoms with Gasteiger partial charge in [-0.15, -0.1) is 11.3 Å². The zero-order valence-corrected chi connectivity index (χ0v) is 25.6. The maximum absolute atomic E-state index is 13.0. The fourth-order valence-electron chi connectivity index (χ4n) is 5.72. The van der Waals surface area contributed by atoms with Crippen LogP contribution in [-0.2, 0) is 9.59 Å². The van der Waals surface area contributed by atoms with E-state index in [0.29, 0.717) is 12.0 Å². The van der Waals surface area contributed by atoms with E-state index >= 15 is 0 Å². The molecule has 0 aliphatic carbocycles. The molecule has 0 saturated carbocycles. The van der Waals surface area contributed by atoms with E-state index in [9.17, 15) is 9.59 Å². The molecule has 2 aliphatic heterocycles. The van der Waals surface area contributed by atoms with Gasteiger partial charge in [-0.05, 0) is 49.0 Å². The second-order valence-corrected chi connectivity index (χ2v) is 11.8. The van der Waals surface area contributed by atoms with Crippen LogP contribution in [-0.4, -0.2) is 72.4 Å². The smallest absolute Gasteiger partial charge is 0.256 e. The molecule has 8 heteroatoms. The highest BCUT2D eigenvalue weighted by Crippen LogP contribution is 2.37. The van der Waals surface area contributed by atoms with Crippen molar-refractivity contribution in [1.82, 2.24) is 14.8 Å². The fraction of sp³-hybridized carbons (Fsp3) is 0.306. The van der Waals surface area contributed by atoms with Gasteiger partial charge in [-0.2, -0.15) is 0 Å². The van der Waals surface area contributed by atoms with Gasteiger partial charge in [0.2, 0.25) is 5.91 Å². The first-order valence-corrected chi connectivity index (χ1v) is 15.9. The van der Waals surface area contributed by atoms with E-state index in [2.05, 4.69) is 76.8 Å². The lowest BCUT2D eigenvalue weighted by Gasteiger charge is -2.36. The van der Waals surface area contributed by atoms with E-state index in [-0.39, 0.29) is 20.7 Å². The third-order valence-corrected chi connectivity index (χ3v) is 9.25. The highest BCUT2D eigenvalue weighted by atomic mass is 32.1. The molecule has 0 unspecified atom stereocenters. The van der Waals surface area contributed by atoms with Gasteiger partial charge in [-0.25, -0.2) is 4.98 Å². The van der Waals surface area contributed by atoms with E-state index in [1.807, 2.05) is 41.3 Å². The first kappa shape index (κ1) is 31.2. The minimum atomic E-state index is -0.0961. The molecule has 6 rings (SSSR count). The van der Waals surface area contributed by atoms with Crippen LogP contribution in [0.1, 0.15) is 40.2 Å². The molecule has 0 bridgehead atoms. The standard InChI is InChI=1S/C35H37N5O2S.CH4.H2/c1-3-38(4-2)17-16-33(41)40-20-18-39(19-21-40)28-13-10-25(11-14-28)22-30-29-23-27(12-15-31(29)36-34(30)42)32-24-43-35(37-32)26-8-6-5-7-9-26;;/h5-15,22-24H,3-4,16-21H2,1-2H3,(H,36,42);1H4;1H/b30-22-;;. The van der Waals surface area contributed by atoms with Gasteiger partial charge >= 0.3 is 0 Å². The summed E-state index contributed by atoms with van der Waals surface area (Å²) in [4.78, 5) is 37.1. The van der Waals surface area contributed by atoms with Crippen molar-refractivity contribution in [1.29, 1.82) is 0 Å². The summed E-state index contributed by atoms with van der Waals surface area (Å²) in [7, 11) is 0. The van der Waals surface area contributed by atoms with Gasteiger partial charge in [0.05, 0.1) is 5.69 Å². The largest absolute Gasteiger partial charge is 0.368 e. The number of hydrogen-bond acceptors (Lipinski definition) is 6. The molecule has 3 heterocycles. The van der Waals surface area contributed by atoms with Crippen LogP contribution in [0.5, 0.6) is 0 Å². The number of benzene rings is 3. The third kappa shape index (κ3) is 6.77. The van der Waals surface area contributed by atoms with E-state index in [1.54, 1.807) is 11.3 Å². The topological polar surface area (TPSA) is 68.8 Å². The lowest BCUT2D eigenvalue weighted by Crippen LogP contribution is -2.49. The van der Waals surface area contributed by atoms with E-state index in [0.717, 1.165) is 90.1 Å². The van der Waals surface area contributed by atoms with Crippen LogP contribution in [0.3, 0.4) is 0 Å². The predicted molar refractivity (Wildman–Crippen MR) is 186 cm³/mol. The summed E-state index contributed by atoms with van der Waals surface area (Å²) in [6.07, 6.45) is 2.54. The highest BCUT2D eigenvalue weighted by Gasteiger charge is 2.25. The number of fused-ring (bicyclic) bond motifs is 1. The zero-order valence-electron chi connectivity index (χ0n) is 24.8. The molecule has 1 fully saturated rings. The molecule has 0 radical (unpaired) electrons. The Morgan fingerprint density at radius 1 is 0.977 bits per heavy atom. The Hall–Kier alpha value is -4.27. The molecule has 0 atom stereocenters. The first-order valence-electron chi connectivity index (χ1n) is 15.1. The molecule has 1 aromatic heterocycles. The number of aromatic nitrogens is 1. The van der Waals surface area contributed by atoms with Gasteiger partial charge < -0.3 is 20.0 Å². The van der Waals surface area contributed by atoms with Crippen molar-refractivity contribution in [2.45, 2.75) is 27.7 Å². The number of thiazole rings is 1. The maximum Gasteiger partial charge on any atom is 0.256 e. The van der Waals surface area contributed by atoms with Gasteiger partial charge in [0.1, 0.15) is 5.01 Å². The van der Waals surface area contributed by atoms with Gasteiger partial charge in [0.25, 0.3) is 5.91 Å². The molecule has 230 valence electrons. The van der Waals surface area contributed by atoms with Gasteiger partial charge in [0.15, 0.2) is 0 Å². The zero-order chi connectivity index (χ0) is 29.8. The van der Waals surface area contributed by atoms with Gasteiger partial charge in [-0.3, -0.25) is 9.59 Å². The molecule has 2 aliphatic rings. The second-order valence-electron chi connectivity index (χ2n) is 10.9. The van der Waals surface area contributed by atoms with E-state index in [1.165, 1.54) is 0 Å². The Morgan fingerprint density at radius 2 is 1.70 bits per heavy atom. The molecule has 44 heavy (non-hydrogen) atoms. The van der Waals surface area contributed by atoms with Crippen LogP contribution in [0.4, 0.5) is 11.4 Å². The molecular formula is C36H43N5O2S. The number of hydrogen-bond donors (Lipinski definition) is 1. The monoisotopic (exact) mass is 609 g/mol. The molecule has 3 aromatic carbocycles. The second kappa shape index (κ2) is 14.0. The molecule has 4 aromatic rings. The number of carbonyl (C=O) groups is 2. The van der Waals surface area contributed by atoms with E-state index < -0.39 is 0 Å². The molecule has 2 amide bonds. The normalized spacial score (nSPS) is 15.3. The number of piperazine rings is 1. The summed E-state index contributed by atoms with van der Waals surface area (Å²) in [5.41, 5.74) is 7.45. The average Bonchev–Trinajstić information content (AvgIpc) is 3.67. The lowest BCUT2D eigenvalue weighted by molar-refractivity contribution is -0.131. The van der Waals surface area contributed by atoms with Crippen molar-refractivity contribution < 1.29 is 11.0 Å². The van der Waals surface area contributed by atoms with Gasteiger partial charge in [0, 0.05) is 79.6 Å². The predicted octanol–water partition coefficient (Wildman–Crippen LogP) is 7.23. The number of nitrogens with zero attached hydrogens (tertiary/aromatic N) is 4. The Morgan fingerprint density at radius 3 is 2.41 bits per heavy atom. The van der Waals surface area contributed by atoms with Crippen molar-refractivity contribution in [3.8, 4) is 21.8 Å². The number of amides is 2. The molecule has 0 spiro atoms. The third-order valence-electron chi connectivity index (χ3n) is 8.36. The molecule has 7 nitrogen and oxygen atoms in total. The summed E-state index contributed by atoms with van der Waals surface area (Å²) < 4.78 is 0. The maximum atomic E-state index is 13.0. The van der Waals surface area contributed by atoms with Crippen LogP contribution >= 0.6 is 11.3 Å². The average molecular weight is 610 g/mol. The van der Waals surface area contributed by atoms with Gasteiger partial charge in [-0.1, -0.05) is 69.8 Å². The first-order chi connectivity index (χ1) is 21.0. The van der Waals surface area contributed by atoms with Crippen LogP contribution in [0.25, 0.3) is 33.5 Å². The summed E-state index contributed by atoms with van der Waals surface area (Å²) in [5.74, 6) is 0.152. The molecule has 1 saturated heterocycles. The van der Waals surface area contributed by atoms with E-state index in [4.69, 9.17) is 4.98 Å². The summed E-state index contributed by atoms with van der Waals surface area (Å²) in [5, 5.41) is 6.05. The Balaban J connectivity index is 0.00000230. The number of nitrogens with one attached hydrogen (secondary N) is 1. The summed E-state index contributed by atoms with van der Waals surface area (Å²) >= 11 is 1.62. The molecule has 1 N–H and O–H groups in total. The molecular weight excluding hydrogens is 566 g/mol. The van der Waals surface area contributed by atoms with Crippen molar-refractivity contribution in [3.63, 3.8) is 0 Å². The Bertz CT molecular complexity index is 1620. The van der Waals surface area contributed by atoms with Crippen molar-refractivity contribution in [2.24, 2.45) is 0 Å². The van der Waals surface area contributed by atoms with Crippen LogP contribution < -0.4 is 10.2 Å². The fourth-order valence-corrected chi connectivity index (χ4v) is 6.56. The van der Waals surface area contributed by atoms with Crippen molar-refractivity contribution >= 4 is 46.2 Å². The van der Waals surface area contributed by atoms with Crippen LogP contribution in [0.2, 0.25) is 0 Å². The Labute approximate surface area is 266 Å². The number of anilines is 2. The number of rotatable bonds is 9. The van der Waals surface area contributed by atoms with Crippen LogP contribution in [0.15, 0.2) is 78.2 Å². The summed E-state index contributed by atoms with van der Waals surface area (Å²) in [6.45, 7) is 10.2.